The highest BCUT2D eigenvalue weighted by molar-refractivity contribution is 7.88. The van der Waals surface area contributed by atoms with Gasteiger partial charge in [-0.2, -0.15) is 8.42 Å². The lowest BCUT2D eigenvalue weighted by molar-refractivity contribution is -0.404. The first-order chi connectivity index (χ1) is 49.6. The lowest BCUT2D eigenvalue weighted by atomic mass is 9.92. The number of para-hydroxylation sites is 4. The van der Waals surface area contributed by atoms with Gasteiger partial charge in [0.2, 0.25) is 32.1 Å². The van der Waals surface area contributed by atoms with E-state index >= 15 is 0 Å². The average Bonchev–Trinajstić information content (AvgIpc) is 0.748. The summed E-state index contributed by atoms with van der Waals surface area (Å²) in [6, 6.07) is 60.7. The van der Waals surface area contributed by atoms with Crippen LogP contribution in [-0.2, 0) is 41.8 Å². The van der Waals surface area contributed by atoms with Gasteiger partial charge in [0.25, 0.3) is 0 Å². The largest absolute Gasteiger partial charge is 0.744 e. The van der Waals surface area contributed by atoms with Crippen molar-refractivity contribution in [3.63, 3.8) is 0 Å². The van der Waals surface area contributed by atoms with E-state index in [2.05, 4.69) is 135 Å². The van der Waals surface area contributed by atoms with Gasteiger partial charge in [0.15, 0.2) is 0 Å². The molecule has 0 amide bonds. The van der Waals surface area contributed by atoms with Crippen molar-refractivity contribution in [1.29, 1.82) is 0 Å². The normalized spacial score (nSPS) is 13.7. The number of benzene rings is 10. The van der Waals surface area contributed by atoms with Crippen LogP contribution in [0.1, 0.15) is 113 Å². The van der Waals surface area contributed by atoms with Gasteiger partial charge in [-0.15, -0.1) is 0 Å². The lowest BCUT2D eigenvalue weighted by Gasteiger charge is -2.28. The highest BCUT2D eigenvalue weighted by Crippen LogP contribution is 2.45. The first kappa shape index (κ1) is 85.2. The minimum atomic E-state index is -4.74. The SMILES string of the molecule is C.C.CC.CC.CNC1CCCC(NS(C)(=O)=O)C1.Cc1cccc(C)c1Nc1ccc2c(-c3ccccc3S(=O)(=O)[O-])c3ccc(=[NH+]c4c(C)cccc4C)cc-3oc2c1.Cc1cccc(C)c1Nc1ccc2c(-c3ccccc3S(=O)(=O)[O-])c3ccc(=[NH+]c4c(C)cccc4C)cc-3oc2c1.O=S=O. The van der Waals surface area contributed by atoms with Crippen molar-refractivity contribution in [3.05, 3.63) is 249 Å². The molecule has 18 nitrogen and oxygen atoms in total. The molecule has 0 bridgehead atoms. The summed E-state index contributed by atoms with van der Waals surface area (Å²) in [6.07, 6.45) is 5.34. The van der Waals surface area contributed by atoms with E-state index in [1.165, 1.54) is 18.4 Å². The standard InChI is InChI=1S/2C35H30N2O4S.C8H18N2O2S.2C2H6.2CH4.O2S/c2*1-21-9-7-10-22(2)34(21)36-25-15-17-27-30(19-25)41-31-20-26(37-35-23(3)11-8-12-24(35)4)16-18-28(31)33(27)29-13-5-6-14-32(29)42(38,39)40;1-9-7-4-3-5-8(6-7)10-13(2,11)12;2*1-2;;;1-3-2/h2*5-20,36H,1-4H3,(H,38,39,40);7-10H,3-6H2,1-2H3;2*1-2H3;2*1H4;. The minimum Gasteiger partial charge on any atom is -0.744 e. The summed E-state index contributed by atoms with van der Waals surface area (Å²) in [4.78, 5) is 6.49. The van der Waals surface area contributed by atoms with Crippen molar-refractivity contribution >= 4 is 97.9 Å². The molecule has 0 radical (unpaired) electrons. The topological polar surface area (TPSA) is 285 Å². The number of hydrogen-bond donors (Lipinski definition) is 6. The van der Waals surface area contributed by atoms with Crippen molar-refractivity contribution in [1.82, 2.24) is 10.0 Å². The first-order valence-electron chi connectivity index (χ1n) is 34.3. The third-order valence-corrected chi connectivity index (χ3v) is 20.3. The average molecular weight is 1510 g/mol. The summed E-state index contributed by atoms with van der Waals surface area (Å²) in [6.45, 7) is 24.4. The van der Waals surface area contributed by atoms with Crippen LogP contribution in [-0.4, -0.2) is 68.2 Å². The second-order valence-electron chi connectivity index (χ2n) is 25.1. The molecule has 106 heavy (non-hydrogen) atoms. The summed E-state index contributed by atoms with van der Waals surface area (Å²) in [5.41, 5.74) is 19.0. The van der Waals surface area contributed by atoms with E-state index in [4.69, 9.17) is 17.3 Å². The van der Waals surface area contributed by atoms with Gasteiger partial charge >= 0.3 is 11.6 Å². The zero-order valence-electron chi connectivity index (χ0n) is 61.0. The molecule has 22 heteroatoms. The fraction of sp³-hybridized carbons (Fsp3) is 0.262. The van der Waals surface area contributed by atoms with Crippen LogP contribution in [0.5, 0.6) is 0 Å². The molecule has 3 aliphatic carbocycles. The summed E-state index contributed by atoms with van der Waals surface area (Å²) < 4.78 is 128. The Morgan fingerprint density at radius 2 is 0.774 bits per heavy atom. The second-order valence-corrected chi connectivity index (χ2v) is 29.7. The molecule has 13 rings (SSSR count). The molecule has 2 heterocycles. The Bertz CT molecular complexity index is 5170. The fourth-order valence-corrected chi connectivity index (χ4v) is 15.1. The van der Waals surface area contributed by atoms with Gasteiger partial charge in [0, 0.05) is 126 Å². The van der Waals surface area contributed by atoms with E-state index in [9.17, 15) is 34.4 Å². The zero-order valence-corrected chi connectivity index (χ0v) is 64.3. The number of nitrogens with one attached hydrogen (secondary N) is 6. The number of fused-ring (bicyclic) bond motifs is 4. The molecular formula is C84H98N6O12S4. The van der Waals surface area contributed by atoms with Crippen LogP contribution in [0.3, 0.4) is 0 Å². The Kier molecular flexibility index (Phi) is 30.5. The smallest absolute Gasteiger partial charge is 0.335 e. The van der Waals surface area contributed by atoms with Gasteiger partial charge in [-0.25, -0.2) is 40.0 Å². The Balaban J connectivity index is 0.000000261. The quantitative estimate of drug-likeness (QED) is 0.0462. The van der Waals surface area contributed by atoms with Crippen molar-refractivity contribution in [2.75, 3.05) is 23.9 Å². The van der Waals surface area contributed by atoms with Gasteiger partial charge in [0.1, 0.15) is 42.9 Å². The van der Waals surface area contributed by atoms with Crippen LogP contribution >= 0.6 is 0 Å². The van der Waals surface area contributed by atoms with Crippen LogP contribution in [0.15, 0.2) is 213 Å². The van der Waals surface area contributed by atoms with Crippen molar-refractivity contribution < 1.29 is 61.6 Å². The number of anilines is 4. The molecular weight excluding hydrogens is 1410 g/mol. The van der Waals surface area contributed by atoms with Crippen molar-refractivity contribution in [3.8, 4) is 44.9 Å². The maximum Gasteiger partial charge on any atom is 0.335 e. The Labute approximate surface area is 629 Å². The van der Waals surface area contributed by atoms with Crippen molar-refractivity contribution in [2.45, 2.75) is 145 Å². The highest BCUT2D eigenvalue weighted by atomic mass is 32.2. The maximum absolute atomic E-state index is 12.3. The van der Waals surface area contributed by atoms with Crippen LogP contribution in [0.25, 0.3) is 66.8 Å². The number of hydrogen-bond acceptors (Lipinski definition) is 15. The van der Waals surface area contributed by atoms with E-state index in [-0.39, 0.29) is 30.7 Å². The zero-order chi connectivity index (χ0) is 75.8. The molecule has 0 spiro atoms. The molecule has 1 fully saturated rings. The van der Waals surface area contributed by atoms with Crippen LogP contribution in [0.2, 0.25) is 0 Å². The van der Waals surface area contributed by atoms with Gasteiger partial charge in [-0.3, -0.25) is 0 Å². The predicted octanol–water partition coefficient (Wildman–Crippen LogP) is 15.5. The van der Waals surface area contributed by atoms with Crippen LogP contribution < -0.4 is 41.4 Å². The Hall–Kier alpha value is -9.75. The third-order valence-electron chi connectivity index (χ3n) is 17.8. The molecule has 8 aromatic carbocycles. The highest BCUT2D eigenvalue weighted by Gasteiger charge is 2.26. The minimum absolute atomic E-state index is 0. The number of sulfonamides is 1. The third kappa shape index (κ3) is 21.1. The molecule has 2 atom stereocenters. The molecule has 560 valence electrons. The monoisotopic (exact) mass is 1510 g/mol. The van der Waals surface area contributed by atoms with E-state index in [1.807, 2.05) is 132 Å². The molecule has 8 aromatic rings. The molecule has 2 aliphatic heterocycles. The van der Waals surface area contributed by atoms with Crippen LogP contribution in [0.4, 0.5) is 34.1 Å². The Morgan fingerprint density at radius 3 is 1.11 bits per heavy atom. The molecule has 5 aliphatic rings. The number of aryl methyl sites for hydroxylation is 8. The predicted molar refractivity (Wildman–Crippen MR) is 428 cm³/mol. The van der Waals surface area contributed by atoms with E-state index < -0.39 is 41.8 Å². The second kappa shape index (κ2) is 38.0. The van der Waals surface area contributed by atoms with Gasteiger partial charge in [-0.05, 0) is 152 Å². The molecule has 0 aromatic heterocycles. The summed E-state index contributed by atoms with van der Waals surface area (Å²) in [5.74, 6) is 1.10. The maximum atomic E-state index is 12.3. The van der Waals surface area contributed by atoms with Gasteiger partial charge < -0.3 is 33.9 Å². The summed E-state index contributed by atoms with van der Waals surface area (Å²) >= 11 is -0.750. The summed E-state index contributed by atoms with van der Waals surface area (Å²) in [7, 11) is -10.6. The molecule has 6 N–H and O–H groups in total. The molecule has 0 saturated heterocycles. The van der Waals surface area contributed by atoms with E-state index in [0.717, 1.165) is 115 Å². The molecule has 1 saturated carbocycles. The summed E-state index contributed by atoms with van der Waals surface area (Å²) in [5, 5.41) is 13.2. The van der Waals surface area contributed by atoms with Gasteiger partial charge in [0.05, 0.1) is 28.2 Å². The van der Waals surface area contributed by atoms with Gasteiger partial charge in [-0.1, -0.05) is 158 Å². The Morgan fingerprint density at radius 1 is 0.434 bits per heavy atom. The molecule has 2 unspecified atom stereocenters. The lowest BCUT2D eigenvalue weighted by Crippen LogP contribution is -2.71. The first-order valence-corrected chi connectivity index (χ1v) is 39.7. The van der Waals surface area contributed by atoms with E-state index in [0.29, 0.717) is 72.9 Å². The number of rotatable bonds is 13. The van der Waals surface area contributed by atoms with Crippen molar-refractivity contribution in [2.24, 2.45) is 0 Å². The van der Waals surface area contributed by atoms with Crippen LogP contribution in [0, 0.1) is 55.4 Å². The van der Waals surface area contributed by atoms with E-state index in [1.54, 1.807) is 36.4 Å². The fourth-order valence-electron chi connectivity index (χ4n) is 12.9.